The van der Waals surface area contributed by atoms with Gasteiger partial charge in [-0.1, -0.05) is 26.2 Å². The lowest BCUT2D eigenvalue weighted by Gasteiger charge is -2.36. The van der Waals surface area contributed by atoms with Crippen LogP contribution >= 0.6 is 0 Å². The van der Waals surface area contributed by atoms with Gasteiger partial charge in [-0.2, -0.15) is 0 Å². The predicted molar refractivity (Wildman–Crippen MR) is 185 cm³/mol. The van der Waals surface area contributed by atoms with Crippen LogP contribution in [0.25, 0.3) is 0 Å². The molecule has 2 amide bonds. The van der Waals surface area contributed by atoms with Crippen molar-refractivity contribution >= 4 is 27.5 Å². The lowest BCUT2D eigenvalue weighted by molar-refractivity contribution is -0.137. The Kier molecular flexibility index (Phi) is 13.5. The number of aliphatic hydroxyl groups is 1. The molecule has 4 rings (SSSR count). The van der Waals surface area contributed by atoms with Gasteiger partial charge in [0.05, 0.1) is 42.4 Å². The minimum absolute atomic E-state index is 0.0411. The highest BCUT2D eigenvalue weighted by Crippen LogP contribution is 2.30. The predicted octanol–water partition coefficient (Wildman–Crippen LogP) is 5.33. The molecule has 1 heterocycles. The first-order valence-corrected chi connectivity index (χ1v) is 18.7. The molecule has 0 bridgehead atoms. The lowest BCUT2D eigenvalue weighted by Crippen LogP contribution is -2.48. The van der Waals surface area contributed by atoms with Crippen molar-refractivity contribution in [2.24, 2.45) is 11.8 Å². The van der Waals surface area contributed by atoms with E-state index < -0.39 is 22.0 Å². The summed E-state index contributed by atoms with van der Waals surface area (Å²) in [5, 5.41) is 10.2. The van der Waals surface area contributed by atoms with E-state index in [4.69, 9.17) is 14.2 Å². The van der Waals surface area contributed by atoms with Crippen molar-refractivity contribution in [2.75, 3.05) is 45.2 Å². The maximum atomic E-state index is 14.4. The van der Waals surface area contributed by atoms with Crippen LogP contribution in [0, 0.1) is 11.8 Å². The van der Waals surface area contributed by atoms with Crippen LogP contribution in [0.3, 0.4) is 0 Å². The topological polar surface area (TPSA) is 135 Å². The maximum absolute atomic E-state index is 14.4. The number of nitrogens with zero attached hydrogens (tertiary/aromatic N) is 2. The number of sulfonamides is 1. The average Bonchev–Trinajstić information content (AvgIpc) is 3.09. The first-order chi connectivity index (χ1) is 22.9. The molecule has 0 radical (unpaired) electrons. The summed E-state index contributed by atoms with van der Waals surface area (Å²) in [6, 6.07) is 10.1. The zero-order chi connectivity index (χ0) is 34.8. The average molecular weight is 688 g/mol. The number of ether oxygens (including phenoxy) is 3. The van der Waals surface area contributed by atoms with Gasteiger partial charge in [0, 0.05) is 44.3 Å². The minimum Gasteiger partial charge on any atom is -0.497 e. The fourth-order valence-corrected chi connectivity index (χ4v) is 7.49. The van der Waals surface area contributed by atoms with Crippen molar-refractivity contribution in [1.82, 2.24) is 9.80 Å². The van der Waals surface area contributed by atoms with E-state index in [0.29, 0.717) is 24.7 Å². The van der Waals surface area contributed by atoms with Crippen LogP contribution < -0.4 is 14.2 Å². The molecule has 1 fully saturated rings. The Morgan fingerprint density at radius 3 is 2.42 bits per heavy atom. The van der Waals surface area contributed by atoms with E-state index in [1.807, 2.05) is 20.9 Å². The maximum Gasteiger partial charge on any atom is 0.261 e. The van der Waals surface area contributed by atoms with Crippen LogP contribution in [0.15, 0.2) is 47.4 Å². The SMILES string of the molecule is COc1ccc(S(=O)(=O)Nc2ccc3c(c2)C(=O)N([C@@H](C)CO)C[C@H](C)[C@H](CN(C)C(=O)C2CCCCC2)OCCCC[C@@H](C)O3)cc1. The smallest absolute Gasteiger partial charge is 0.261 e. The Balaban J connectivity index is 1.63. The Hall–Kier alpha value is -3.35. The van der Waals surface area contributed by atoms with E-state index in [0.717, 1.165) is 44.9 Å². The number of nitrogens with one attached hydrogen (secondary N) is 1. The lowest BCUT2D eigenvalue weighted by atomic mass is 9.88. The molecule has 48 heavy (non-hydrogen) atoms. The van der Waals surface area contributed by atoms with Gasteiger partial charge in [0.15, 0.2) is 0 Å². The molecule has 0 saturated heterocycles. The number of hydrogen-bond donors (Lipinski definition) is 2. The van der Waals surface area contributed by atoms with Crippen LogP contribution in [-0.4, -0.2) is 93.8 Å². The number of methoxy groups -OCH3 is 1. The number of anilines is 1. The molecule has 0 spiro atoms. The molecule has 4 atom stereocenters. The molecule has 2 aromatic rings. The van der Waals surface area contributed by atoms with Gasteiger partial charge >= 0.3 is 0 Å². The molecule has 0 unspecified atom stereocenters. The zero-order valence-electron chi connectivity index (χ0n) is 29.0. The molecule has 2 N–H and O–H groups in total. The number of rotatable bonds is 9. The summed E-state index contributed by atoms with van der Waals surface area (Å²) < 4.78 is 46.9. The Labute approximate surface area is 286 Å². The highest BCUT2D eigenvalue weighted by atomic mass is 32.2. The number of carbonyl (C=O) groups excluding carboxylic acids is 2. The van der Waals surface area contributed by atoms with Gasteiger partial charge in [-0.3, -0.25) is 14.3 Å². The van der Waals surface area contributed by atoms with E-state index >= 15 is 0 Å². The van der Waals surface area contributed by atoms with Gasteiger partial charge < -0.3 is 29.1 Å². The van der Waals surface area contributed by atoms with Crippen molar-refractivity contribution < 1.29 is 37.3 Å². The van der Waals surface area contributed by atoms with Crippen molar-refractivity contribution in [3.63, 3.8) is 0 Å². The molecule has 2 aliphatic rings. The summed E-state index contributed by atoms with van der Waals surface area (Å²) in [5.41, 5.74) is 0.382. The molecule has 2 aromatic carbocycles. The molecule has 1 aliphatic carbocycles. The Bertz CT molecular complexity index is 1460. The number of benzene rings is 2. The minimum atomic E-state index is -3.98. The first kappa shape index (κ1) is 37.5. The number of hydrogen-bond acceptors (Lipinski definition) is 8. The second kappa shape index (κ2) is 17.3. The van der Waals surface area contributed by atoms with Crippen molar-refractivity contribution in [3.8, 4) is 11.5 Å². The van der Waals surface area contributed by atoms with Gasteiger partial charge in [0.1, 0.15) is 11.5 Å². The molecular formula is C36H53N3O8S. The molecular weight excluding hydrogens is 634 g/mol. The van der Waals surface area contributed by atoms with Crippen molar-refractivity contribution in [2.45, 2.75) is 95.3 Å². The summed E-state index contributed by atoms with van der Waals surface area (Å²) in [6.07, 6.45) is 6.97. The second-order valence-corrected chi connectivity index (χ2v) is 15.0. The van der Waals surface area contributed by atoms with E-state index in [9.17, 15) is 23.1 Å². The van der Waals surface area contributed by atoms with Crippen LogP contribution in [0.1, 0.15) is 82.5 Å². The van der Waals surface area contributed by atoms with Gasteiger partial charge in [-0.15, -0.1) is 0 Å². The third-order valence-electron chi connectivity index (χ3n) is 9.46. The van der Waals surface area contributed by atoms with Crippen molar-refractivity contribution in [3.05, 3.63) is 48.0 Å². The van der Waals surface area contributed by atoms with Crippen LogP contribution in [0.5, 0.6) is 11.5 Å². The number of aliphatic hydroxyl groups excluding tert-OH is 1. The fraction of sp³-hybridized carbons (Fsp3) is 0.611. The molecule has 1 aliphatic heterocycles. The highest BCUT2D eigenvalue weighted by Gasteiger charge is 2.32. The van der Waals surface area contributed by atoms with Crippen LogP contribution in [-0.2, 0) is 19.6 Å². The molecule has 12 heteroatoms. The van der Waals surface area contributed by atoms with E-state index in [1.165, 1.54) is 31.7 Å². The van der Waals surface area contributed by atoms with Gasteiger partial charge in [-0.25, -0.2) is 8.42 Å². The number of amides is 2. The van der Waals surface area contributed by atoms with Gasteiger partial charge in [0.2, 0.25) is 5.91 Å². The number of carbonyl (C=O) groups is 2. The molecule has 266 valence electrons. The molecule has 0 aromatic heterocycles. The zero-order valence-corrected chi connectivity index (χ0v) is 29.8. The fourth-order valence-electron chi connectivity index (χ4n) is 6.44. The molecule has 11 nitrogen and oxygen atoms in total. The van der Waals surface area contributed by atoms with Crippen LogP contribution in [0.2, 0.25) is 0 Å². The largest absolute Gasteiger partial charge is 0.497 e. The number of likely N-dealkylation sites (N-methyl/N-ethyl adjacent to an activating group) is 1. The highest BCUT2D eigenvalue weighted by molar-refractivity contribution is 7.92. The second-order valence-electron chi connectivity index (χ2n) is 13.3. The van der Waals surface area contributed by atoms with Gasteiger partial charge in [0.25, 0.3) is 15.9 Å². The van der Waals surface area contributed by atoms with Crippen LogP contribution in [0.4, 0.5) is 5.69 Å². The monoisotopic (exact) mass is 687 g/mol. The quantitative estimate of drug-likeness (QED) is 0.362. The summed E-state index contributed by atoms with van der Waals surface area (Å²) in [7, 11) is -0.642. The van der Waals surface area contributed by atoms with E-state index in [1.54, 1.807) is 41.0 Å². The van der Waals surface area contributed by atoms with Crippen molar-refractivity contribution in [1.29, 1.82) is 0 Å². The standard InChI is InChI=1S/C36H53N3O8S/c1-25-22-39(26(2)24-40)36(42)32-21-29(37-48(43,44)31-17-15-30(45-5)16-18-31)14-19-33(32)47-27(3)11-9-10-20-46-34(25)23-38(4)35(41)28-12-7-6-8-13-28/h14-19,21,25-28,34,37,40H,6-13,20,22-24H2,1-5H3/t25-,26-,27+,34-/m0/s1. The summed E-state index contributed by atoms with van der Waals surface area (Å²) in [5.74, 6) is 0.460. The summed E-state index contributed by atoms with van der Waals surface area (Å²) >= 11 is 0. The summed E-state index contributed by atoms with van der Waals surface area (Å²) in [6.45, 7) is 6.59. The van der Waals surface area contributed by atoms with E-state index in [2.05, 4.69) is 4.72 Å². The Morgan fingerprint density at radius 1 is 1.06 bits per heavy atom. The normalized spacial score (nSPS) is 22.5. The third-order valence-corrected chi connectivity index (χ3v) is 10.9. The van der Waals surface area contributed by atoms with E-state index in [-0.39, 0.29) is 59.2 Å². The third kappa shape index (κ3) is 9.85. The summed E-state index contributed by atoms with van der Waals surface area (Å²) in [4.78, 5) is 31.2. The first-order valence-electron chi connectivity index (χ1n) is 17.2. The Morgan fingerprint density at radius 2 is 1.75 bits per heavy atom. The molecule has 1 saturated carbocycles. The number of fused-ring (bicyclic) bond motifs is 1. The van der Waals surface area contributed by atoms with Gasteiger partial charge in [-0.05, 0) is 88.4 Å².